The van der Waals surface area contributed by atoms with Crippen molar-refractivity contribution in [3.63, 3.8) is 0 Å². The minimum absolute atomic E-state index is 0.236. The predicted molar refractivity (Wildman–Crippen MR) is 67.5 cm³/mol. The van der Waals surface area contributed by atoms with E-state index in [-0.39, 0.29) is 6.54 Å². The quantitative estimate of drug-likeness (QED) is 0.873. The van der Waals surface area contributed by atoms with Gasteiger partial charge in [0.1, 0.15) is 0 Å². The molecule has 0 saturated heterocycles. The Labute approximate surface area is 103 Å². The lowest BCUT2D eigenvalue weighted by Gasteiger charge is -2.23. The average Bonchev–Trinajstić information content (AvgIpc) is 2.27. The monoisotopic (exact) mass is 257 g/mol. The fourth-order valence-electron chi connectivity index (χ4n) is 1.28. The molecule has 0 aliphatic heterocycles. The van der Waals surface area contributed by atoms with Crippen molar-refractivity contribution in [3.8, 4) is 0 Å². The van der Waals surface area contributed by atoms with E-state index in [1.165, 1.54) is 0 Å². The fraction of sp³-hybridized carbons (Fsp3) is 0.500. The minimum atomic E-state index is -3.46. The molecule has 0 heterocycles. The van der Waals surface area contributed by atoms with Crippen LogP contribution >= 0.6 is 0 Å². The summed E-state index contributed by atoms with van der Waals surface area (Å²) in [5, 5.41) is 0. The molecule has 0 aliphatic rings. The molecule has 0 fully saturated rings. The van der Waals surface area contributed by atoms with Crippen molar-refractivity contribution < 1.29 is 13.2 Å². The van der Waals surface area contributed by atoms with E-state index in [4.69, 9.17) is 4.74 Å². The number of nitrogens with one attached hydrogen (secondary N) is 1. The summed E-state index contributed by atoms with van der Waals surface area (Å²) in [4.78, 5) is 0.312. The Morgan fingerprint density at radius 1 is 1.29 bits per heavy atom. The standard InChI is InChI=1S/C12H19NO3S/c1-10-7-5-6-8-11(10)17(14,15)13-9-12(2,3)16-4/h5-8,13H,9H2,1-4H3. The molecule has 17 heavy (non-hydrogen) atoms. The normalized spacial score (nSPS) is 12.7. The smallest absolute Gasteiger partial charge is 0.240 e. The Kier molecular flexibility index (Phi) is 4.30. The first-order chi connectivity index (χ1) is 7.78. The molecule has 5 heteroatoms. The van der Waals surface area contributed by atoms with Gasteiger partial charge in [0.25, 0.3) is 0 Å². The van der Waals surface area contributed by atoms with Gasteiger partial charge in [0.05, 0.1) is 10.5 Å². The van der Waals surface area contributed by atoms with Crippen LogP contribution in [0, 0.1) is 6.92 Å². The Hall–Kier alpha value is -0.910. The first kappa shape index (κ1) is 14.2. The molecule has 0 aromatic heterocycles. The lowest BCUT2D eigenvalue weighted by molar-refractivity contribution is 0.0276. The molecule has 0 saturated carbocycles. The molecular formula is C12H19NO3S. The van der Waals surface area contributed by atoms with E-state index < -0.39 is 15.6 Å². The Balaban J connectivity index is 2.88. The van der Waals surface area contributed by atoms with Gasteiger partial charge in [0.2, 0.25) is 10.0 Å². The molecule has 1 aromatic carbocycles. The largest absolute Gasteiger partial charge is 0.377 e. The van der Waals surface area contributed by atoms with Gasteiger partial charge in [-0.3, -0.25) is 0 Å². The second-order valence-corrected chi connectivity index (χ2v) is 6.29. The zero-order valence-electron chi connectivity index (χ0n) is 10.6. The fourth-order valence-corrected chi connectivity index (χ4v) is 2.72. The van der Waals surface area contributed by atoms with Crippen molar-refractivity contribution in [2.45, 2.75) is 31.3 Å². The van der Waals surface area contributed by atoms with Crippen LogP contribution in [0.2, 0.25) is 0 Å². The van der Waals surface area contributed by atoms with Crippen molar-refractivity contribution >= 4 is 10.0 Å². The molecule has 1 N–H and O–H groups in total. The highest BCUT2D eigenvalue weighted by Crippen LogP contribution is 2.15. The number of ether oxygens (including phenoxy) is 1. The van der Waals surface area contributed by atoms with Gasteiger partial charge in [-0.2, -0.15) is 0 Å². The van der Waals surface area contributed by atoms with Gasteiger partial charge in [-0.25, -0.2) is 13.1 Å². The van der Waals surface area contributed by atoms with Crippen molar-refractivity contribution in [2.24, 2.45) is 0 Å². The number of methoxy groups -OCH3 is 1. The summed E-state index contributed by atoms with van der Waals surface area (Å²) in [6, 6.07) is 6.89. The average molecular weight is 257 g/mol. The molecule has 0 bridgehead atoms. The SMILES string of the molecule is COC(C)(C)CNS(=O)(=O)c1ccccc1C. The Bertz CT molecular complexity index is 480. The number of sulfonamides is 1. The van der Waals surface area contributed by atoms with E-state index in [1.54, 1.807) is 32.2 Å². The molecule has 4 nitrogen and oxygen atoms in total. The summed E-state index contributed by atoms with van der Waals surface area (Å²) in [6.45, 7) is 5.66. The number of hydrogen-bond donors (Lipinski definition) is 1. The highest BCUT2D eigenvalue weighted by molar-refractivity contribution is 7.89. The topological polar surface area (TPSA) is 55.4 Å². The number of benzene rings is 1. The van der Waals surface area contributed by atoms with Crippen LogP contribution in [0.5, 0.6) is 0 Å². The van der Waals surface area contributed by atoms with Crippen LogP contribution in [-0.2, 0) is 14.8 Å². The van der Waals surface area contributed by atoms with Crippen molar-refractivity contribution in [2.75, 3.05) is 13.7 Å². The molecule has 0 unspecified atom stereocenters. The van der Waals surface area contributed by atoms with Crippen LogP contribution in [0.1, 0.15) is 19.4 Å². The molecule has 0 spiro atoms. The summed E-state index contributed by atoms with van der Waals surface area (Å²) in [6.07, 6.45) is 0. The molecule has 0 atom stereocenters. The molecule has 0 radical (unpaired) electrons. The molecule has 1 rings (SSSR count). The third kappa shape index (κ3) is 3.80. The zero-order chi connectivity index (χ0) is 13.1. The maximum atomic E-state index is 12.0. The summed E-state index contributed by atoms with van der Waals surface area (Å²) in [7, 11) is -1.91. The summed E-state index contributed by atoms with van der Waals surface area (Å²) >= 11 is 0. The van der Waals surface area contributed by atoms with Crippen LogP contribution in [0.3, 0.4) is 0 Å². The third-order valence-corrected chi connectivity index (χ3v) is 4.19. The Morgan fingerprint density at radius 3 is 2.41 bits per heavy atom. The zero-order valence-corrected chi connectivity index (χ0v) is 11.5. The molecule has 96 valence electrons. The molecule has 0 aliphatic carbocycles. The van der Waals surface area contributed by atoms with Gasteiger partial charge < -0.3 is 4.74 Å². The number of hydrogen-bond acceptors (Lipinski definition) is 3. The second kappa shape index (κ2) is 5.16. The van der Waals surface area contributed by atoms with Gasteiger partial charge in [-0.15, -0.1) is 0 Å². The van der Waals surface area contributed by atoms with E-state index in [0.717, 1.165) is 5.56 Å². The minimum Gasteiger partial charge on any atom is -0.377 e. The highest BCUT2D eigenvalue weighted by Gasteiger charge is 2.22. The number of aryl methyl sites for hydroxylation is 1. The van der Waals surface area contributed by atoms with Crippen molar-refractivity contribution in [1.82, 2.24) is 4.72 Å². The van der Waals surface area contributed by atoms with E-state index >= 15 is 0 Å². The van der Waals surface area contributed by atoms with Crippen molar-refractivity contribution in [3.05, 3.63) is 29.8 Å². The van der Waals surface area contributed by atoms with E-state index in [9.17, 15) is 8.42 Å². The van der Waals surface area contributed by atoms with Gasteiger partial charge in [0, 0.05) is 13.7 Å². The summed E-state index contributed by atoms with van der Waals surface area (Å²) < 4.78 is 31.8. The Morgan fingerprint density at radius 2 is 1.88 bits per heavy atom. The maximum absolute atomic E-state index is 12.0. The van der Waals surface area contributed by atoms with Crippen LogP contribution in [0.15, 0.2) is 29.2 Å². The van der Waals surface area contributed by atoms with E-state index in [0.29, 0.717) is 4.90 Å². The first-order valence-corrected chi connectivity index (χ1v) is 6.87. The van der Waals surface area contributed by atoms with Gasteiger partial charge in [-0.05, 0) is 32.4 Å². The molecule has 0 amide bonds. The lowest BCUT2D eigenvalue weighted by atomic mass is 10.1. The van der Waals surface area contributed by atoms with Crippen LogP contribution in [-0.4, -0.2) is 27.7 Å². The van der Waals surface area contributed by atoms with E-state index in [1.807, 2.05) is 19.9 Å². The maximum Gasteiger partial charge on any atom is 0.240 e. The van der Waals surface area contributed by atoms with Crippen LogP contribution < -0.4 is 4.72 Å². The van der Waals surface area contributed by atoms with Crippen LogP contribution in [0.25, 0.3) is 0 Å². The molecule has 1 aromatic rings. The second-order valence-electron chi connectivity index (χ2n) is 4.55. The van der Waals surface area contributed by atoms with Gasteiger partial charge in [0.15, 0.2) is 0 Å². The lowest BCUT2D eigenvalue weighted by Crippen LogP contribution is -2.39. The third-order valence-electron chi connectivity index (χ3n) is 2.62. The van der Waals surface area contributed by atoms with Gasteiger partial charge in [-0.1, -0.05) is 18.2 Å². The van der Waals surface area contributed by atoms with Gasteiger partial charge >= 0.3 is 0 Å². The summed E-state index contributed by atoms with van der Waals surface area (Å²) in [5.41, 5.74) is 0.214. The summed E-state index contributed by atoms with van der Waals surface area (Å²) in [5.74, 6) is 0. The highest BCUT2D eigenvalue weighted by atomic mass is 32.2. The van der Waals surface area contributed by atoms with E-state index in [2.05, 4.69) is 4.72 Å². The molecular weight excluding hydrogens is 238 g/mol. The number of rotatable bonds is 5. The first-order valence-electron chi connectivity index (χ1n) is 5.39. The van der Waals surface area contributed by atoms with Crippen molar-refractivity contribution in [1.29, 1.82) is 0 Å². The van der Waals surface area contributed by atoms with Crippen LogP contribution in [0.4, 0.5) is 0 Å². The predicted octanol–water partition coefficient (Wildman–Crippen LogP) is 1.70.